The molecule has 0 saturated heterocycles. The molecular formula is C13H15N5O. The normalized spacial score (nSPS) is 10.1. The molecule has 0 unspecified atom stereocenters. The minimum absolute atomic E-state index is 0.301. The molecule has 0 aromatic carbocycles. The van der Waals surface area contributed by atoms with Gasteiger partial charge in [-0.25, -0.2) is 4.98 Å². The smallest absolute Gasteiger partial charge is 0.252 e. The zero-order valence-electron chi connectivity index (χ0n) is 10.3. The Kier molecular flexibility index (Phi) is 3.92. The predicted molar refractivity (Wildman–Crippen MR) is 73.6 cm³/mol. The standard InChI is InChI=1S/C13H15N5O/c14-10-7-11(12(15)19)13(18-8-10)17-6-3-9-1-4-16-5-2-9/h1-2,4-5,7-8H,3,6,14H2,(H2,15,19)(H,17,18). The van der Waals surface area contributed by atoms with Gasteiger partial charge < -0.3 is 16.8 Å². The Bertz CT molecular complexity index is 571. The highest BCUT2D eigenvalue weighted by Crippen LogP contribution is 2.14. The number of amides is 1. The number of primary amides is 1. The zero-order chi connectivity index (χ0) is 13.7. The van der Waals surface area contributed by atoms with Gasteiger partial charge in [0.1, 0.15) is 5.82 Å². The molecule has 2 aromatic rings. The number of anilines is 2. The molecular weight excluding hydrogens is 242 g/mol. The molecule has 6 nitrogen and oxygen atoms in total. The average Bonchev–Trinajstić information content (AvgIpc) is 2.41. The fourth-order valence-electron chi connectivity index (χ4n) is 1.68. The van der Waals surface area contributed by atoms with E-state index >= 15 is 0 Å². The summed E-state index contributed by atoms with van der Waals surface area (Å²) in [6, 6.07) is 5.39. The van der Waals surface area contributed by atoms with Gasteiger partial charge in [-0.2, -0.15) is 0 Å². The van der Waals surface area contributed by atoms with Gasteiger partial charge >= 0.3 is 0 Å². The maximum absolute atomic E-state index is 11.3. The van der Waals surface area contributed by atoms with Gasteiger partial charge in [0.15, 0.2) is 0 Å². The second-order valence-corrected chi connectivity index (χ2v) is 4.06. The molecule has 2 heterocycles. The van der Waals surface area contributed by atoms with Crippen molar-refractivity contribution in [2.45, 2.75) is 6.42 Å². The van der Waals surface area contributed by atoms with Gasteiger partial charge in [-0.3, -0.25) is 9.78 Å². The number of hydrogen-bond donors (Lipinski definition) is 3. The molecule has 0 aliphatic rings. The number of pyridine rings is 2. The van der Waals surface area contributed by atoms with Crippen molar-refractivity contribution < 1.29 is 4.79 Å². The Hall–Kier alpha value is -2.63. The number of nitrogen functional groups attached to an aromatic ring is 1. The first-order chi connectivity index (χ1) is 9.16. The highest BCUT2D eigenvalue weighted by Gasteiger charge is 2.09. The van der Waals surface area contributed by atoms with Crippen LogP contribution in [0.5, 0.6) is 0 Å². The van der Waals surface area contributed by atoms with Crippen LogP contribution in [0.3, 0.4) is 0 Å². The summed E-state index contributed by atoms with van der Waals surface area (Å²) in [6.07, 6.45) is 5.77. The van der Waals surface area contributed by atoms with E-state index in [9.17, 15) is 4.79 Å². The largest absolute Gasteiger partial charge is 0.397 e. The Morgan fingerprint density at radius 1 is 1.32 bits per heavy atom. The molecule has 98 valence electrons. The van der Waals surface area contributed by atoms with E-state index in [0.29, 0.717) is 23.6 Å². The number of carbonyl (C=O) groups excluding carboxylic acids is 1. The molecule has 0 radical (unpaired) electrons. The molecule has 0 aliphatic carbocycles. The predicted octanol–water partition coefficient (Wildman–Crippen LogP) is 0.812. The van der Waals surface area contributed by atoms with Crippen molar-refractivity contribution in [1.29, 1.82) is 0 Å². The summed E-state index contributed by atoms with van der Waals surface area (Å²) in [5, 5.41) is 3.08. The van der Waals surface area contributed by atoms with Crippen molar-refractivity contribution in [1.82, 2.24) is 9.97 Å². The number of rotatable bonds is 5. The molecule has 19 heavy (non-hydrogen) atoms. The van der Waals surface area contributed by atoms with Crippen LogP contribution in [0.4, 0.5) is 11.5 Å². The molecule has 2 rings (SSSR count). The lowest BCUT2D eigenvalue weighted by molar-refractivity contribution is 0.100. The van der Waals surface area contributed by atoms with Crippen LogP contribution in [0.25, 0.3) is 0 Å². The van der Waals surface area contributed by atoms with Gasteiger partial charge in [0.2, 0.25) is 0 Å². The Labute approximate surface area is 110 Å². The van der Waals surface area contributed by atoms with E-state index in [1.807, 2.05) is 12.1 Å². The molecule has 2 aromatic heterocycles. The average molecular weight is 257 g/mol. The summed E-state index contributed by atoms with van der Waals surface area (Å²) in [7, 11) is 0. The van der Waals surface area contributed by atoms with Crippen LogP contribution in [0, 0.1) is 0 Å². The fraction of sp³-hybridized carbons (Fsp3) is 0.154. The first kappa shape index (κ1) is 12.8. The van der Waals surface area contributed by atoms with Gasteiger partial charge in [0, 0.05) is 18.9 Å². The van der Waals surface area contributed by atoms with Crippen LogP contribution in [0.15, 0.2) is 36.8 Å². The minimum Gasteiger partial charge on any atom is -0.397 e. The van der Waals surface area contributed by atoms with E-state index in [-0.39, 0.29) is 0 Å². The Balaban J connectivity index is 2.02. The molecule has 0 saturated carbocycles. The molecule has 6 heteroatoms. The Morgan fingerprint density at radius 2 is 2.05 bits per heavy atom. The summed E-state index contributed by atoms with van der Waals surface area (Å²) in [5.74, 6) is -0.0954. The number of nitrogens with two attached hydrogens (primary N) is 2. The van der Waals surface area contributed by atoms with Crippen molar-refractivity contribution >= 4 is 17.4 Å². The highest BCUT2D eigenvalue weighted by molar-refractivity contribution is 5.98. The van der Waals surface area contributed by atoms with E-state index in [1.165, 1.54) is 12.3 Å². The molecule has 0 atom stereocenters. The summed E-state index contributed by atoms with van der Waals surface area (Å²) < 4.78 is 0. The molecule has 5 N–H and O–H groups in total. The SMILES string of the molecule is NC(=O)c1cc(N)cnc1NCCc1ccncc1. The molecule has 0 bridgehead atoms. The van der Waals surface area contributed by atoms with Gasteiger partial charge in [0.05, 0.1) is 17.4 Å². The van der Waals surface area contributed by atoms with Crippen LogP contribution >= 0.6 is 0 Å². The van der Waals surface area contributed by atoms with Crippen molar-refractivity contribution in [2.75, 3.05) is 17.6 Å². The van der Waals surface area contributed by atoms with E-state index in [4.69, 9.17) is 11.5 Å². The second kappa shape index (κ2) is 5.81. The van der Waals surface area contributed by atoms with Crippen LogP contribution in [-0.4, -0.2) is 22.4 Å². The number of nitrogens with zero attached hydrogens (tertiary/aromatic N) is 2. The number of nitrogens with one attached hydrogen (secondary N) is 1. The van der Waals surface area contributed by atoms with Crippen LogP contribution in [0.1, 0.15) is 15.9 Å². The van der Waals surface area contributed by atoms with Crippen molar-refractivity contribution in [2.24, 2.45) is 5.73 Å². The minimum atomic E-state index is -0.550. The molecule has 0 fully saturated rings. The molecule has 1 amide bonds. The van der Waals surface area contributed by atoms with E-state index < -0.39 is 5.91 Å². The fourth-order valence-corrected chi connectivity index (χ4v) is 1.68. The summed E-state index contributed by atoms with van der Waals surface area (Å²) >= 11 is 0. The van der Waals surface area contributed by atoms with Gasteiger partial charge in [-0.15, -0.1) is 0 Å². The lowest BCUT2D eigenvalue weighted by atomic mass is 10.2. The second-order valence-electron chi connectivity index (χ2n) is 4.06. The zero-order valence-corrected chi connectivity index (χ0v) is 10.3. The first-order valence-electron chi connectivity index (χ1n) is 5.85. The summed E-state index contributed by atoms with van der Waals surface area (Å²) in [5.41, 5.74) is 12.7. The first-order valence-corrected chi connectivity index (χ1v) is 5.85. The van der Waals surface area contributed by atoms with Gasteiger partial charge in [0.25, 0.3) is 5.91 Å². The number of aromatic nitrogens is 2. The van der Waals surface area contributed by atoms with E-state index in [2.05, 4.69) is 15.3 Å². The number of carbonyl (C=O) groups is 1. The van der Waals surface area contributed by atoms with Crippen LogP contribution in [-0.2, 0) is 6.42 Å². The van der Waals surface area contributed by atoms with Gasteiger partial charge in [-0.1, -0.05) is 0 Å². The topological polar surface area (TPSA) is 107 Å². The van der Waals surface area contributed by atoms with Crippen LogP contribution in [0.2, 0.25) is 0 Å². The van der Waals surface area contributed by atoms with E-state index in [0.717, 1.165) is 12.0 Å². The third-order valence-electron chi connectivity index (χ3n) is 2.63. The third-order valence-corrected chi connectivity index (χ3v) is 2.63. The lowest BCUT2D eigenvalue weighted by Gasteiger charge is -2.09. The molecule has 0 spiro atoms. The quantitative estimate of drug-likeness (QED) is 0.734. The summed E-state index contributed by atoms with van der Waals surface area (Å²) in [6.45, 7) is 0.640. The maximum atomic E-state index is 11.3. The lowest BCUT2D eigenvalue weighted by Crippen LogP contribution is -2.17. The van der Waals surface area contributed by atoms with Crippen molar-refractivity contribution in [3.8, 4) is 0 Å². The number of hydrogen-bond acceptors (Lipinski definition) is 5. The summed E-state index contributed by atoms with van der Waals surface area (Å²) in [4.78, 5) is 19.3. The third kappa shape index (κ3) is 3.41. The molecule has 0 aliphatic heterocycles. The van der Waals surface area contributed by atoms with E-state index in [1.54, 1.807) is 12.4 Å². The van der Waals surface area contributed by atoms with Crippen molar-refractivity contribution in [3.05, 3.63) is 47.9 Å². The monoisotopic (exact) mass is 257 g/mol. The van der Waals surface area contributed by atoms with Gasteiger partial charge in [-0.05, 0) is 30.2 Å². The van der Waals surface area contributed by atoms with Crippen molar-refractivity contribution in [3.63, 3.8) is 0 Å². The maximum Gasteiger partial charge on any atom is 0.252 e. The highest BCUT2D eigenvalue weighted by atomic mass is 16.1. The van der Waals surface area contributed by atoms with Crippen LogP contribution < -0.4 is 16.8 Å². The Morgan fingerprint density at radius 3 is 2.74 bits per heavy atom.